The summed E-state index contributed by atoms with van der Waals surface area (Å²) in [6.07, 6.45) is 0.232. The van der Waals surface area contributed by atoms with Crippen LogP contribution in [0, 0.1) is 0 Å². The number of carbonyl (C=O) groups excluding carboxylic acids is 2. The zero-order valence-corrected chi connectivity index (χ0v) is 12.3. The van der Waals surface area contributed by atoms with Gasteiger partial charge in [-0.25, -0.2) is 4.79 Å². The maximum absolute atomic E-state index is 12.2. The molecule has 1 rings (SSSR count). The molecule has 2 N–H and O–H groups in total. The highest BCUT2D eigenvalue weighted by molar-refractivity contribution is 5.96. The Kier molecular flexibility index (Phi) is 5.89. The average molecular weight is 297 g/mol. The fraction of sp³-hybridized carbons (Fsp3) is 0.538. The summed E-state index contributed by atoms with van der Waals surface area (Å²) in [6, 6.07) is 0.269. The first kappa shape index (κ1) is 16.7. The first-order valence-corrected chi connectivity index (χ1v) is 6.60. The molecule has 116 valence electrons. The van der Waals surface area contributed by atoms with Gasteiger partial charge in [-0.15, -0.1) is 0 Å². The summed E-state index contributed by atoms with van der Waals surface area (Å²) < 4.78 is 5.90. The summed E-state index contributed by atoms with van der Waals surface area (Å²) in [5, 5.41) is 15.6. The highest BCUT2D eigenvalue weighted by Gasteiger charge is 2.25. The number of carboxylic acids is 1. The molecule has 0 aliphatic rings. The number of carbonyl (C=O) groups is 3. The number of carboxylic acid groups (broad SMARTS) is 1. The van der Waals surface area contributed by atoms with E-state index in [1.807, 2.05) is 13.8 Å². The zero-order valence-electron chi connectivity index (χ0n) is 12.3. The third-order valence-corrected chi connectivity index (χ3v) is 2.93. The quantitative estimate of drug-likeness (QED) is 0.696. The van der Waals surface area contributed by atoms with Gasteiger partial charge in [-0.1, -0.05) is 6.92 Å². The first-order chi connectivity index (χ1) is 9.92. The second-order valence-corrected chi connectivity index (χ2v) is 4.33. The van der Waals surface area contributed by atoms with Crippen molar-refractivity contribution in [1.82, 2.24) is 15.1 Å². The molecule has 1 aromatic rings. The first-order valence-electron chi connectivity index (χ1n) is 6.60. The van der Waals surface area contributed by atoms with Crippen LogP contribution in [0.1, 0.15) is 36.5 Å². The molecule has 1 atom stereocenters. The lowest BCUT2D eigenvalue weighted by molar-refractivity contribution is -0.147. The van der Waals surface area contributed by atoms with Crippen molar-refractivity contribution >= 4 is 17.8 Å². The van der Waals surface area contributed by atoms with Gasteiger partial charge in [-0.3, -0.25) is 14.3 Å². The lowest BCUT2D eigenvalue weighted by Gasteiger charge is -2.13. The molecule has 0 aliphatic carbocycles. The second kappa shape index (κ2) is 7.41. The second-order valence-electron chi connectivity index (χ2n) is 4.33. The van der Waals surface area contributed by atoms with Crippen LogP contribution in [0.5, 0.6) is 0 Å². The fourth-order valence-corrected chi connectivity index (χ4v) is 1.75. The van der Waals surface area contributed by atoms with Crippen molar-refractivity contribution in [1.29, 1.82) is 0 Å². The Balaban J connectivity index is 2.89. The molecular weight excluding hydrogens is 278 g/mol. The monoisotopic (exact) mass is 297 g/mol. The fourth-order valence-electron chi connectivity index (χ4n) is 1.75. The molecule has 0 radical (unpaired) electrons. The minimum absolute atomic E-state index is 0.269. The van der Waals surface area contributed by atoms with Crippen LogP contribution in [-0.2, 0) is 27.3 Å². The van der Waals surface area contributed by atoms with E-state index in [4.69, 9.17) is 5.11 Å². The largest absolute Gasteiger partial charge is 0.480 e. The van der Waals surface area contributed by atoms with E-state index in [0.29, 0.717) is 13.0 Å². The van der Waals surface area contributed by atoms with Crippen LogP contribution in [0.3, 0.4) is 0 Å². The number of amides is 1. The molecule has 1 heterocycles. The number of nitrogens with zero attached hydrogens (tertiary/aromatic N) is 2. The van der Waals surface area contributed by atoms with Crippen molar-refractivity contribution in [3.8, 4) is 0 Å². The topological polar surface area (TPSA) is 111 Å². The van der Waals surface area contributed by atoms with Gasteiger partial charge in [-0.05, 0) is 19.4 Å². The summed E-state index contributed by atoms with van der Waals surface area (Å²) in [5.41, 5.74) is 1.01. The van der Waals surface area contributed by atoms with Gasteiger partial charge in [0.05, 0.1) is 19.2 Å². The van der Waals surface area contributed by atoms with E-state index in [1.54, 1.807) is 6.07 Å². The van der Waals surface area contributed by atoms with Crippen LogP contribution in [0.25, 0.3) is 0 Å². The van der Waals surface area contributed by atoms with Crippen molar-refractivity contribution in [2.45, 2.75) is 39.3 Å². The van der Waals surface area contributed by atoms with Gasteiger partial charge in [0.25, 0.3) is 5.91 Å². The summed E-state index contributed by atoms with van der Waals surface area (Å²) in [4.78, 5) is 34.4. The van der Waals surface area contributed by atoms with Crippen molar-refractivity contribution in [3.63, 3.8) is 0 Å². The molecule has 8 nitrogen and oxygen atoms in total. The molecule has 8 heteroatoms. The summed E-state index contributed by atoms with van der Waals surface area (Å²) >= 11 is 0. The van der Waals surface area contributed by atoms with Gasteiger partial charge in [-0.2, -0.15) is 5.10 Å². The van der Waals surface area contributed by atoms with Crippen LogP contribution in [0.4, 0.5) is 0 Å². The number of nitrogens with one attached hydrogen (secondary N) is 1. The Morgan fingerprint density at radius 1 is 1.43 bits per heavy atom. The highest BCUT2D eigenvalue weighted by Crippen LogP contribution is 2.07. The SMILES string of the molecule is CCc1cc(C(=O)N[C@@H](CC(=O)OC)C(=O)O)n(CC)n1. The van der Waals surface area contributed by atoms with Crippen LogP contribution < -0.4 is 5.32 Å². The van der Waals surface area contributed by atoms with Crippen LogP contribution >= 0.6 is 0 Å². The number of esters is 1. The minimum atomic E-state index is -1.34. The Labute approximate surface area is 122 Å². The summed E-state index contributed by atoms with van der Waals surface area (Å²) in [5.74, 6) is -2.59. The summed E-state index contributed by atoms with van der Waals surface area (Å²) in [6.45, 7) is 4.21. The Hall–Kier alpha value is -2.38. The van der Waals surface area contributed by atoms with Crippen molar-refractivity contribution in [3.05, 3.63) is 17.5 Å². The number of aromatic nitrogens is 2. The van der Waals surface area contributed by atoms with E-state index in [0.717, 1.165) is 12.8 Å². The smallest absolute Gasteiger partial charge is 0.326 e. The molecule has 0 aromatic carbocycles. The van der Waals surface area contributed by atoms with Crippen molar-refractivity contribution < 1.29 is 24.2 Å². The van der Waals surface area contributed by atoms with Crippen LogP contribution in [0.2, 0.25) is 0 Å². The third kappa shape index (κ3) is 4.30. The van der Waals surface area contributed by atoms with Crippen LogP contribution in [-0.4, -0.2) is 45.9 Å². The lowest BCUT2D eigenvalue weighted by Crippen LogP contribution is -2.43. The number of aryl methyl sites for hydroxylation is 2. The normalized spacial score (nSPS) is 11.8. The molecule has 0 aliphatic heterocycles. The Bertz CT molecular complexity index is 538. The van der Waals surface area contributed by atoms with E-state index in [2.05, 4.69) is 15.2 Å². The molecule has 0 saturated carbocycles. The molecule has 1 aromatic heterocycles. The van der Waals surface area contributed by atoms with Gasteiger partial charge in [0.2, 0.25) is 0 Å². The minimum Gasteiger partial charge on any atom is -0.480 e. The zero-order chi connectivity index (χ0) is 16.0. The third-order valence-electron chi connectivity index (χ3n) is 2.93. The van der Waals surface area contributed by atoms with Crippen molar-refractivity contribution in [2.75, 3.05) is 7.11 Å². The van der Waals surface area contributed by atoms with Crippen LogP contribution in [0.15, 0.2) is 6.07 Å². The number of hydrogen-bond donors (Lipinski definition) is 2. The number of rotatable bonds is 7. The van der Waals surface area contributed by atoms with E-state index in [-0.39, 0.29) is 5.69 Å². The maximum Gasteiger partial charge on any atom is 0.326 e. The predicted molar refractivity (Wildman–Crippen MR) is 72.8 cm³/mol. The molecular formula is C13H19N3O5. The number of ether oxygens (including phenoxy) is 1. The van der Waals surface area contributed by atoms with Gasteiger partial charge in [0, 0.05) is 6.54 Å². The molecule has 1 amide bonds. The van der Waals surface area contributed by atoms with E-state index in [9.17, 15) is 14.4 Å². The standard InChI is InChI=1S/C13H19N3O5/c1-4-8-6-10(16(5-2)15-8)12(18)14-9(13(19)20)7-11(17)21-3/h6,9H,4-5,7H2,1-3H3,(H,14,18)(H,19,20)/t9-/m0/s1. The molecule has 0 bridgehead atoms. The average Bonchev–Trinajstić information content (AvgIpc) is 2.89. The van der Waals surface area contributed by atoms with E-state index >= 15 is 0 Å². The molecule has 0 fully saturated rings. The van der Waals surface area contributed by atoms with E-state index in [1.165, 1.54) is 4.68 Å². The van der Waals surface area contributed by atoms with Crippen molar-refractivity contribution in [2.24, 2.45) is 0 Å². The number of hydrogen-bond acceptors (Lipinski definition) is 5. The maximum atomic E-state index is 12.2. The van der Waals surface area contributed by atoms with E-state index < -0.39 is 30.3 Å². The Morgan fingerprint density at radius 2 is 2.10 bits per heavy atom. The Morgan fingerprint density at radius 3 is 2.57 bits per heavy atom. The van der Waals surface area contributed by atoms with Gasteiger partial charge in [0.1, 0.15) is 11.7 Å². The number of methoxy groups -OCH3 is 1. The molecule has 21 heavy (non-hydrogen) atoms. The molecule has 0 saturated heterocycles. The molecule has 0 spiro atoms. The van der Waals surface area contributed by atoms with Gasteiger partial charge < -0.3 is 15.2 Å². The number of aliphatic carboxylic acids is 1. The van der Waals surface area contributed by atoms with Gasteiger partial charge >= 0.3 is 11.9 Å². The summed E-state index contributed by atoms with van der Waals surface area (Å²) in [7, 11) is 1.16. The van der Waals surface area contributed by atoms with Gasteiger partial charge in [0.15, 0.2) is 0 Å². The highest BCUT2D eigenvalue weighted by atomic mass is 16.5. The molecule has 0 unspecified atom stereocenters. The lowest BCUT2D eigenvalue weighted by atomic mass is 10.2. The predicted octanol–water partition coefficient (Wildman–Crippen LogP) is 0.211.